The first kappa shape index (κ1) is 17.2. The number of allylic oxidation sites excluding steroid dienone is 1. The molecule has 1 aliphatic heterocycles. The van der Waals surface area contributed by atoms with Crippen LogP contribution < -0.4 is 0 Å². The third-order valence-electron chi connectivity index (χ3n) is 2.81. The molecule has 114 valence electrons. The van der Waals surface area contributed by atoms with Gasteiger partial charge in [0.1, 0.15) is 0 Å². The molecule has 0 saturated carbocycles. The Bertz CT molecular complexity index is 494. The highest BCUT2D eigenvalue weighted by Gasteiger charge is 2.34. The van der Waals surface area contributed by atoms with E-state index in [4.69, 9.17) is 4.74 Å². The number of nitrogens with zero attached hydrogens (tertiary/aromatic N) is 2. The molecule has 0 aromatic rings. The largest absolute Gasteiger partial charge is 0.476 e. The number of rotatable bonds is 5. The van der Waals surface area contributed by atoms with E-state index in [1.54, 1.807) is 0 Å². The molecule has 0 bridgehead atoms. The monoisotopic (exact) mass is 302 g/mol. The van der Waals surface area contributed by atoms with Gasteiger partial charge in [-0.25, -0.2) is 12.7 Å². The minimum Gasteiger partial charge on any atom is -0.427 e. The molecule has 8 heteroatoms. The van der Waals surface area contributed by atoms with Crippen LogP contribution in [0.1, 0.15) is 34.6 Å². The summed E-state index contributed by atoms with van der Waals surface area (Å²) in [4.78, 5) is 0. The van der Waals surface area contributed by atoms with Crippen molar-refractivity contribution in [2.24, 2.45) is 10.5 Å². The molecule has 1 rings (SSSR count). The molecule has 1 heterocycles. The zero-order chi connectivity index (χ0) is 15.6. The average molecular weight is 302 g/mol. The van der Waals surface area contributed by atoms with Crippen LogP contribution >= 0.6 is 0 Å². The molecule has 20 heavy (non-hydrogen) atoms. The van der Waals surface area contributed by atoms with Crippen LogP contribution in [-0.4, -0.2) is 49.5 Å². The van der Waals surface area contributed by atoms with E-state index in [1.807, 2.05) is 34.6 Å². The minimum atomic E-state index is -3.68. The van der Waals surface area contributed by atoms with E-state index in [0.717, 1.165) is 9.90 Å². The lowest BCUT2D eigenvalue weighted by atomic mass is 9.75. The predicted octanol–water partition coefficient (Wildman–Crippen LogP) is 1.03. The van der Waals surface area contributed by atoms with E-state index in [9.17, 15) is 13.4 Å². The Labute approximate surface area is 121 Å². The lowest BCUT2D eigenvalue weighted by Gasteiger charge is -2.28. The summed E-state index contributed by atoms with van der Waals surface area (Å²) in [5.41, 5.74) is 0.607. The van der Waals surface area contributed by atoms with E-state index in [1.165, 1.54) is 12.2 Å². The number of hydrogen-bond acceptors (Lipinski definition) is 5. The molecule has 1 N–H and O–H groups in total. The first-order valence-corrected chi connectivity index (χ1v) is 8.23. The highest BCUT2D eigenvalue weighted by molar-refractivity contribution is 7.90. The third kappa shape index (κ3) is 4.61. The molecule has 0 atom stereocenters. The minimum absolute atomic E-state index is 0.0348. The molecular weight excluding hydrogens is 279 g/mol. The van der Waals surface area contributed by atoms with Gasteiger partial charge in [-0.15, -0.1) is 0 Å². The standard InChI is InChI=1S/C12H23BN2O4S/c1-10(2)19-6-7-20(17,18)15-13(16)8-11(9-14-15)12(3,4)5/h8-10,16H,6-7H2,1-5H3. The smallest absolute Gasteiger partial charge is 0.427 e. The number of ether oxygens (including phenoxy) is 1. The normalized spacial score (nSPS) is 16.9. The Morgan fingerprint density at radius 3 is 2.50 bits per heavy atom. The zero-order valence-corrected chi connectivity index (χ0v) is 13.5. The number of hydrogen-bond donors (Lipinski definition) is 1. The van der Waals surface area contributed by atoms with Crippen LogP contribution in [0, 0.1) is 5.41 Å². The quantitative estimate of drug-likeness (QED) is 0.769. The summed E-state index contributed by atoms with van der Waals surface area (Å²) in [5, 5.41) is 13.8. The van der Waals surface area contributed by atoms with Gasteiger partial charge in [0.05, 0.1) is 18.5 Å². The summed E-state index contributed by atoms with van der Waals surface area (Å²) in [6.45, 7) is 9.65. The van der Waals surface area contributed by atoms with Gasteiger partial charge in [-0.05, 0) is 24.8 Å². The van der Waals surface area contributed by atoms with E-state index in [-0.39, 0.29) is 23.9 Å². The Morgan fingerprint density at radius 2 is 2.05 bits per heavy atom. The lowest BCUT2D eigenvalue weighted by Crippen LogP contribution is -2.44. The van der Waals surface area contributed by atoms with Crippen LogP contribution in [-0.2, 0) is 14.8 Å². The summed E-state index contributed by atoms with van der Waals surface area (Å²) in [6, 6.07) is 0. The van der Waals surface area contributed by atoms with Crippen LogP contribution in [0.3, 0.4) is 0 Å². The van der Waals surface area contributed by atoms with Crippen molar-refractivity contribution < 1.29 is 18.2 Å². The maximum Gasteiger partial charge on any atom is 0.476 e. The van der Waals surface area contributed by atoms with Crippen molar-refractivity contribution in [3.63, 3.8) is 0 Å². The second-order valence-corrected chi connectivity index (χ2v) is 7.98. The fourth-order valence-corrected chi connectivity index (χ4v) is 2.69. The van der Waals surface area contributed by atoms with Gasteiger partial charge in [0, 0.05) is 6.21 Å². The Hall–Kier alpha value is -0.855. The molecule has 0 fully saturated rings. The molecule has 0 aliphatic carbocycles. The van der Waals surface area contributed by atoms with Gasteiger partial charge in [-0.1, -0.05) is 26.7 Å². The maximum absolute atomic E-state index is 12.1. The van der Waals surface area contributed by atoms with Gasteiger partial charge in [-0.2, -0.15) is 5.10 Å². The molecule has 1 aliphatic rings. The van der Waals surface area contributed by atoms with Crippen molar-refractivity contribution in [2.75, 3.05) is 12.4 Å². The van der Waals surface area contributed by atoms with Crippen LogP contribution in [0.15, 0.2) is 16.6 Å². The van der Waals surface area contributed by atoms with Gasteiger partial charge < -0.3 is 9.76 Å². The summed E-state index contributed by atoms with van der Waals surface area (Å²) < 4.78 is 30.1. The summed E-state index contributed by atoms with van der Waals surface area (Å²) in [6.07, 6.45) is 1.44. The Kier molecular flexibility index (Phi) is 5.40. The summed E-state index contributed by atoms with van der Waals surface area (Å²) >= 11 is 0. The molecule has 0 aromatic heterocycles. The van der Waals surface area contributed by atoms with Crippen molar-refractivity contribution in [2.45, 2.75) is 40.7 Å². The highest BCUT2D eigenvalue weighted by atomic mass is 32.2. The molecule has 0 saturated heterocycles. The molecular formula is C12H23BN2O4S. The van der Waals surface area contributed by atoms with E-state index >= 15 is 0 Å². The van der Waals surface area contributed by atoms with Crippen LogP contribution in [0.2, 0.25) is 0 Å². The topological polar surface area (TPSA) is 79.2 Å². The SMILES string of the molecule is CC(C)OCCS(=O)(=O)N1N=CC(C(C)(C)C)=CB1O. The van der Waals surface area contributed by atoms with E-state index in [2.05, 4.69) is 5.10 Å². The summed E-state index contributed by atoms with van der Waals surface area (Å²) in [7, 11) is -4.95. The third-order valence-corrected chi connectivity index (χ3v) is 4.37. The van der Waals surface area contributed by atoms with Gasteiger partial charge >= 0.3 is 7.05 Å². The van der Waals surface area contributed by atoms with Gasteiger partial charge in [0.15, 0.2) is 0 Å². The van der Waals surface area contributed by atoms with Gasteiger partial charge in [0.2, 0.25) is 10.0 Å². The molecule has 0 spiro atoms. The maximum atomic E-state index is 12.1. The number of sulfonamides is 1. The van der Waals surface area contributed by atoms with Crippen molar-refractivity contribution >= 4 is 23.3 Å². The molecule has 6 nitrogen and oxygen atoms in total. The second-order valence-electron chi connectivity index (χ2n) is 6.04. The van der Waals surface area contributed by atoms with Gasteiger partial charge in [-0.3, -0.25) is 0 Å². The Balaban J connectivity index is 2.75. The molecule has 0 unspecified atom stereocenters. The van der Waals surface area contributed by atoms with E-state index in [0.29, 0.717) is 0 Å². The van der Waals surface area contributed by atoms with Crippen LogP contribution in [0.25, 0.3) is 0 Å². The second kappa shape index (κ2) is 6.28. The van der Waals surface area contributed by atoms with E-state index < -0.39 is 17.1 Å². The zero-order valence-electron chi connectivity index (χ0n) is 12.7. The Morgan fingerprint density at radius 1 is 1.45 bits per heavy atom. The van der Waals surface area contributed by atoms with Gasteiger partial charge in [0.25, 0.3) is 0 Å². The predicted molar refractivity (Wildman–Crippen MR) is 80.7 cm³/mol. The summed E-state index contributed by atoms with van der Waals surface area (Å²) in [5.74, 6) is 1.30. The number of hydrazone groups is 1. The van der Waals surface area contributed by atoms with Crippen molar-refractivity contribution in [1.82, 2.24) is 4.33 Å². The molecule has 0 radical (unpaired) electrons. The lowest BCUT2D eigenvalue weighted by molar-refractivity contribution is 0.0909. The highest BCUT2D eigenvalue weighted by Crippen LogP contribution is 2.26. The van der Waals surface area contributed by atoms with Crippen molar-refractivity contribution in [3.05, 3.63) is 11.5 Å². The van der Waals surface area contributed by atoms with Crippen LogP contribution in [0.5, 0.6) is 0 Å². The fourth-order valence-electron chi connectivity index (χ4n) is 1.62. The van der Waals surface area contributed by atoms with Crippen molar-refractivity contribution in [1.29, 1.82) is 0 Å². The first-order chi connectivity index (χ1) is 9.04. The van der Waals surface area contributed by atoms with Crippen molar-refractivity contribution in [3.8, 4) is 0 Å². The first-order valence-electron chi connectivity index (χ1n) is 6.62. The average Bonchev–Trinajstić information content (AvgIpc) is 2.26. The molecule has 0 amide bonds. The molecule has 0 aromatic carbocycles. The fraction of sp³-hybridized carbons (Fsp3) is 0.750. The van der Waals surface area contributed by atoms with Crippen LogP contribution in [0.4, 0.5) is 0 Å².